The predicted molar refractivity (Wildman–Crippen MR) is 49.2 cm³/mol. The van der Waals surface area contributed by atoms with Gasteiger partial charge in [0.25, 0.3) is 0 Å². The molecule has 0 rings (SSSR count). The molecule has 0 fully saturated rings. The molecule has 0 aliphatic carbocycles. The predicted octanol–water partition coefficient (Wildman–Crippen LogP) is -5.81. The molecule has 0 aromatic rings. The van der Waals surface area contributed by atoms with Crippen molar-refractivity contribution in [2.45, 2.75) is 10.2 Å². The molecule has 0 saturated carbocycles. The van der Waals surface area contributed by atoms with E-state index in [0.29, 0.717) is 0 Å². The van der Waals surface area contributed by atoms with Crippen LogP contribution in [0.1, 0.15) is 6.92 Å². The summed E-state index contributed by atoms with van der Waals surface area (Å²) >= 11 is -1.16. The van der Waals surface area contributed by atoms with Crippen LogP contribution in [-0.4, -0.2) is 9.95 Å². The first-order valence-corrected chi connectivity index (χ1v) is 20.1. The fourth-order valence-electron chi connectivity index (χ4n) is 0.193. The monoisotopic (exact) mass is 503 g/mol. The molecule has 68 valence electrons. The summed E-state index contributed by atoms with van der Waals surface area (Å²) in [5.74, 6) is 0. The first-order chi connectivity index (χ1) is 4.52. The normalized spacial score (nSPS) is 20.3. The van der Waals surface area contributed by atoms with Gasteiger partial charge in [-0.1, -0.05) is 0 Å². The second-order valence-corrected chi connectivity index (χ2v) is 36.8. The Hall–Kier alpha value is 2.50. The average Bonchev–Trinajstić information content (AvgIpc) is 1.87. The van der Waals surface area contributed by atoms with Crippen LogP contribution >= 0.6 is 20.7 Å². The van der Waals surface area contributed by atoms with Gasteiger partial charge < -0.3 is 0 Å². The van der Waals surface area contributed by atoms with Crippen molar-refractivity contribution in [2.75, 3.05) is 6.66 Å². The van der Waals surface area contributed by atoms with Gasteiger partial charge in [-0.05, 0) is 0 Å². The summed E-state index contributed by atoms with van der Waals surface area (Å²) in [7, 11) is 0.828. The SMILES string of the molecule is CPC(C)(N)[I-]I(N)[I-]N. The summed E-state index contributed by atoms with van der Waals surface area (Å²) in [6.45, 7) is 4.27. The molecule has 7 heteroatoms. The van der Waals surface area contributed by atoms with Gasteiger partial charge in [-0.25, -0.2) is 0 Å². The minimum atomic E-state index is -1.10. The Balaban J connectivity index is 3.64. The molecule has 0 bridgehead atoms. The second-order valence-electron chi connectivity index (χ2n) is 1.70. The number of halogens is 3. The average molecular weight is 503 g/mol. The Morgan fingerprint density at radius 2 is 2.10 bits per heavy atom. The zero-order chi connectivity index (χ0) is 8.20. The molecular weight excluding hydrogens is 490 g/mol. The standard InChI is InChI=1S/C3H13I3N3P/c1-3(7,10-2)4-6(9)5-8/h10H,7-9H2,1-2H3/q-2. The summed E-state index contributed by atoms with van der Waals surface area (Å²) in [4.78, 5) is 0. The van der Waals surface area contributed by atoms with E-state index in [0.717, 1.165) is 8.58 Å². The van der Waals surface area contributed by atoms with Crippen LogP contribution in [0.3, 0.4) is 0 Å². The van der Waals surface area contributed by atoms with Crippen LogP contribution in [-0.2, 0) is 0 Å². The third-order valence-corrected chi connectivity index (χ3v) is 34.5. The van der Waals surface area contributed by atoms with E-state index in [1.54, 1.807) is 0 Å². The summed E-state index contributed by atoms with van der Waals surface area (Å²) in [5, 5.41) is 0. The molecule has 0 aromatic heterocycles. The Bertz CT molecular complexity index is 101. The van der Waals surface area contributed by atoms with Crippen LogP contribution in [0.25, 0.3) is 0 Å². The van der Waals surface area contributed by atoms with Crippen LogP contribution in [0.4, 0.5) is 0 Å². The maximum absolute atomic E-state index is 5.97. The van der Waals surface area contributed by atoms with Crippen molar-refractivity contribution >= 4 is 20.7 Å². The van der Waals surface area contributed by atoms with Crippen molar-refractivity contribution in [3.63, 3.8) is 0 Å². The van der Waals surface area contributed by atoms with E-state index < -0.39 is 12.1 Å². The molecule has 0 radical (unpaired) electrons. The molecule has 0 aliphatic heterocycles. The topological polar surface area (TPSA) is 78.1 Å². The first kappa shape index (κ1) is 12.5. The quantitative estimate of drug-likeness (QED) is 0.118. The molecule has 10 heavy (non-hydrogen) atoms. The van der Waals surface area contributed by atoms with Crippen molar-refractivity contribution in [2.24, 2.45) is 13.6 Å². The van der Waals surface area contributed by atoms with Crippen molar-refractivity contribution < 1.29 is 34.7 Å². The Labute approximate surface area is 84.5 Å². The minimum absolute atomic E-state index is 0.0640. The Morgan fingerprint density at radius 1 is 1.60 bits per heavy atom. The van der Waals surface area contributed by atoms with E-state index in [1.807, 2.05) is 0 Å². The number of alkyl halides is 1. The van der Waals surface area contributed by atoms with Crippen LogP contribution in [0.15, 0.2) is 0 Å². The molecule has 2 atom stereocenters. The first-order valence-electron chi connectivity index (χ1n) is 2.45. The zero-order valence-electron chi connectivity index (χ0n) is 5.87. The molecule has 0 aliphatic rings. The van der Waals surface area contributed by atoms with Gasteiger partial charge in [0.15, 0.2) is 0 Å². The molecule has 6 N–H and O–H groups in total. The number of rotatable bonds is 4. The zero-order valence-corrected chi connectivity index (χ0v) is 13.3. The van der Waals surface area contributed by atoms with Gasteiger partial charge in [0, 0.05) is 0 Å². The van der Waals surface area contributed by atoms with Crippen LogP contribution in [0.5, 0.6) is 0 Å². The Kier molecular flexibility index (Phi) is 7.54. The van der Waals surface area contributed by atoms with E-state index in [2.05, 4.69) is 13.6 Å². The van der Waals surface area contributed by atoms with Crippen molar-refractivity contribution in [3.8, 4) is 0 Å². The van der Waals surface area contributed by atoms with Gasteiger partial charge in [-0.2, -0.15) is 0 Å². The van der Waals surface area contributed by atoms with E-state index in [4.69, 9.17) is 13.6 Å². The molecule has 0 amide bonds. The molecule has 0 heterocycles. The van der Waals surface area contributed by atoms with E-state index >= 15 is 0 Å². The second kappa shape index (κ2) is 6.03. The van der Waals surface area contributed by atoms with Gasteiger partial charge in [-0.15, -0.1) is 0 Å². The molecule has 0 saturated heterocycles. The van der Waals surface area contributed by atoms with Crippen molar-refractivity contribution in [1.82, 2.24) is 0 Å². The maximum atomic E-state index is 5.97. The third kappa shape index (κ3) is 6.06. The van der Waals surface area contributed by atoms with Gasteiger partial charge in [0.1, 0.15) is 0 Å². The van der Waals surface area contributed by atoms with E-state index in [1.165, 1.54) is 0 Å². The molecule has 3 nitrogen and oxygen atoms in total. The van der Waals surface area contributed by atoms with Crippen molar-refractivity contribution in [3.05, 3.63) is 0 Å². The van der Waals surface area contributed by atoms with Gasteiger partial charge in [0.05, 0.1) is 0 Å². The fraction of sp³-hybridized carbons (Fsp3) is 1.00. The van der Waals surface area contributed by atoms with Crippen molar-refractivity contribution in [1.29, 1.82) is 0 Å². The number of hydrogen-bond acceptors (Lipinski definition) is 3. The van der Waals surface area contributed by atoms with Crippen LogP contribution in [0.2, 0.25) is 0 Å². The Morgan fingerprint density at radius 3 is 2.40 bits per heavy atom. The summed E-state index contributed by atoms with van der Waals surface area (Å²) in [5.41, 5.74) is 5.97. The summed E-state index contributed by atoms with van der Waals surface area (Å²) in [6, 6.07) is 0. The molecular formula is C3H13I3N3P-2. The molecule has 2 unspecified atom stereocenters. The van der Waals surface area contributed by atoms with Crippen LogP contribution in [0, 0.1) is 0 Å². The fourth-order valence-corrected chi connectivity index (χ4v) is 40.3. The van der Waals surface area contributed by atoms with Gasteiger partial charge in [-0.3, -0.25) is 0 Å². The molecule has 0 spiro atoms. The summed E-state index contributed by atoms with van der Waals surface area (Å²) in [6.07, 6.45) is 0. The summed E-state index contributed by atoms with van der Waals surface area (Å²) < 4.78 is 11.5. The van der Waals surface area contributed by atoms with Gasteiger partial charge in [0.2, 0.25) is 0 Å². The third-order valence-electron chi connectivity index (χ3n) is 0.784. The number of hydrogen-bond donors (Lipinski definition) is 3. The van der Waals surface area contributed by atoms with Crippen LogP contribution < -0.4 is 48.4 Å². The number of nitrogens with two attached hydrogens (primary N) is 3. The van der Waals surface area contributed by atoms with E-state index in [-0.39, 0.29) is 38.0 Å². The van der Waals surface area contributed by atoms with E-state index in [9.17, 15) is 0 Å². The molecule has 0 aromatic carbocycles. The van der Waals surface area contributed by atoms with Gasteiger partial charge >= 0.3 is 86.0 Å².